The van der Waals surface area contributed by atoms with Crippen molar-refractivity contribution in [1.29, 1.82) is 0 Å². The van der Waals surface area contributed by atoms with Crippen LogP contribution in [0.3, 0.4) is 0 Å². The van der Waals surface area contributed by atoms with Crippen LogP contribution in [-0.2, 0) is 12.7 Å². The van der Waals surface area contributed by atoms with Crippen LogP contribution >= 0.6 is 15.9 Å². The summed E-state index contributed by atoms with van der Waals surface area (Å²) in [6, 6.07) is 10.2. The van der Waals surface area contributed by atoms with Crippen molar-refractivity contribution in [2.75, 3.05) is 26.2 Å². The first kappa shape index (κ1) is 18.5. The highest BCUT2D eigenvalue weighted by molar-refractivity contribution is 9.10. The molecular formula is C19H18BrF3N4. The minimum atomic E-state index is -4.39. The van der Waals surface area contributed by atoms with Crippen molar-refractivity contribution in [2.24, 2.45) is 0 Å². The highest BCUT2D eigenvalue weighted by Gasteiger charge is 2.31. The molecule has 1 saturated heterocycles. The van der Waals surface area contributed by atoms with Gasteiger partial charge in [0.15, 0.2) is 0 Å². The molecule has 1 aliphatic rings. The lowest BCUT2D eigenvalue weighted by molar-refractivity contribution is -0.137. The summed E-state index contributed by atoms with van der Waals surface area (Å²) < 4.78 is 42.2. The number of benzene rings is 1. The summed E-state index contributed by atoms with van der Waals surface area (Å²) in [6.45, 7) is 4.00. The van der Waals surface area contributed by atoms with Gasteiger partial charge in [0.1, 0.15) is 5.65 Å². The molecule has 0 saturated carbocycles. The number of rotatable bonds is 3. The molecule has 27 heavy (non-hydrogen) atoms. The molecule has 142 valence electrons. The number of halogens is 4. The number of pyridine rings is 1. The van der Waals surface area contributed by atoms with Gasteiger partial charge >= 0.3 is 6.18 Å². The Balaban J connectivity index is 1.84. The third-order valence-electron chi connectivity index (χ3n) is 4.75. The van der Waals surface area contributed by atoms with Gasteiger partial charge < -0.3 is 9.72 Å². The molecule has 0 radical (unpaired) electrons. The molecule has 2 aromatic heterocycles. The van der Waals surface area contributed by atoms with E-state index >= 15 is 0 Å². The Morgan fingerprint density at radius 3 is 2.41 bits per heavy atom. The minimum Gasteiger partial charge on any atom is -0.314 e. The van der Waals surface area contributed by atoms with E-state index in [1.165, 1.54) is 6.07 Å². The maximum absolute atomic E-state index is 13.2. The number of aromatic nitrogens is 2. The minimum absolute atomic E-state index is 0.519. The normalized spacial score (nSPS) is 16.1. The fraction of sp³-hybridized carbons (Fsp3) is 0.316. The second kappa shape index (κ2) is 7.26. The van der Waals surface area contributed by atoms with Gasteiger partial charge in [-0.15, -0.1) is 0 Å². The van der Waals surface area contributed by atoms with E-state index in [2.05, 4.69) is 31.1 Å². The van der Waals surface area contributed by atoms with Crippen molar-refractivity contribution in [3.05, 3.63) is 58.3 Å². The molecule has 1 aliphatic heterocycles. The summed E-state index contributed by atoms with van der Waals surface area (Å²) in [5.41, 5.74) is 2.24. The SMILES string of the molecule is FC(F)(F)c1ccc2nc(-c3ccc(Br)cc3)c(CN3CCNCC3)n2c1. The van der Waals surface area contributed by atoms with E-state index < -0.39 is 11.7 Å². The molecule has 0 atom stereocenters. The van der Waals surface area contributed by atoms with Gasteiger partial charge in [0.2, 0.25) is 0 Å². The van der Waals surface area contributed by atoms with Crippen LogP contribution in [0.15, 0.2) is 47.1 Å². The van der Waals surface area contributed by atoms with Gasteiger partial charge in [0.25, 0.3) is 0 Å². The number of piperazine rings is 1. The number of hydrogen-bond donors (Lipinski definition) is 1. The monoisotopic (exact) mass is 438 g/mol. The number of alkyl halides is 3. The van der Waals surface area contributed by atoms with Crippen LogP contribution in [0.4, 0.5) is 13.2 Å². The van der Waals surface area contributed by atoms with Crippen LogP contribution in [0.25, 0.3) is 16.9 Å². The van der Waals surface area contributed by atoms with E-state index in [1.807, 2.05) is 24.3 Å². The second-order valence-electron chi connectivity index (χ2n) is 6.58. The molecule has 3 heterocycles. The zero-order valence-corrected chi connectivity index (χ0v) is 16.0. The Bertz CT molecular complexity index is 944. The Morgan fingerprint density at radius 1 is 1.04 bits per heavy atom. The largest absolute Gasteiger partial charge is 0.417 e. The molecule has 4 nitrogen and oxygen atoms in total. The predicted molar refractivity (Wildman–Crippen MR) is 101 cm³/mol. The summed E-state index contributed by atoms with van der Waals surface area (Å²) >= 11 is 3.42. The highest BCUT2D eigenvalue weighted by Crippen LogP contribution is 2.32. The van der Waals surface area contributed by atoms with Crippen LogP contribution in [0.2, 0.25) is 0 Å². The average molecular weight is 439 g/mol. The summed E-state index contributed by atoms with van der Waals surface area (Å²) in [4.78, 5) is 6.88. The van der Waals surface area contributed by atoms with Gasteiger partial charge in [-0.2, -0.15) is 13.2 Å². The topological polar surface area (TPSA) is 32.6 Å². The van der Waals surface area contributed by atoms with Crippen LogP contribution < -0.4 is 5.32 Å². The first-order valence-electron chi connectivity index (χ1n) is 8.69. The van der Waals surface area contributed by atoms with Gasteiger partial charge in [-0.1, -0.05) is 28.1 Å². The number of imidazole rings is 1. The van der Waals surface area contributed by atoms with Crippen molar-refractivity contribution in [3.63, 3.8) is 0 Å². The fourth-order valence-corrected chi connectivity index (χ4v) is 3.60. The summed E-state index contributed by atoms with van der Waals surface area (Å²) in [5.74, 6) is 0. The number of fused-ring (bicyclic) bond motifs is 1. The zero-order valence-electron chi connectivity index (χ0n) is 14.4. The summed E-state index contributed by atoms with van der Waals surface area (Å²) in [5, 5.41) is 3.29. The first-order valence-corrected chi connectivity index (χ1v) is 9.48. The van der Waals surface area contributed by atoms with Crippen LogP contribution in [-0.4, -0.2) is 40.5 Å². The van der Waals surface area contributed by atoms with Crippen molar-refractivity contribution >= 4 is 21.6 Å². The molecule has 4 rings (SSSR count). The van der Waals surface area contributed by atoms with Crippen LogP contribution in [0, 0.1) is 0 Å². The Morgan fingerprint density at radius 2 is 1.74 bits per heavy atom. The standard InChI is InChI=1S/C19H18BrF3N4/c20-15-4-1-13(2-5-15)18-16(12-26-9-7-24-8-10-26)27-11-14(19(21,22)23)3-6-17(27)25-18/h1-6,11,24H,7-10,12H2. The first-order chi connectivity index (χ1) is 12.9. The maximum atomic E-state index is 13.2. The molecule has 8 heteroatoms. The highest BCUT2D eigenvalue weighted by atomic mass is 79.9. The van der Waals surface area contributed by atoms with Gasteiger partial charge in [0.05, 0.1) is 17.0 Å². The zero-order chi connectivity index (χ0) is 19.0. The van der Waals surface area contributed by atoms with E-state index in [4.69, 9.17) is 0 Å². The average Bonchev–Trinajstić information content (AvgIpc) is 3.00. The third-order valence-corrected chi connectivity index (χ3v) is 5.27. The van der Waals surface area contributed by atoms with Gasteiger partial charge in [-0.3, -0.25) is 4.90 Å². The molecule has 1 fully saturated rings. The molecule has 0 bridgehead atoms. The van der Waals surface area contributed by atoms with Crippen molar-refractivity contribution in [2.45, 2.75) is 12.7 Å². The summed E-state index contributed by atoms with van der Waals surface area (Å²) in [6.07, 6.45) is -3.23. The molecule has 1 N–H and O–H groups in total. The third kappa shape index (κ3) is 3.88. The van der Waals surface area contributed by atoms with E-state index in [0.29, 0.717) is 12.2 Å². The van der Waals surface area contributed by atoms with E-state index in [9.17, 15) is 13.2 Å². The van der Waals surface area contributed by atoms with Crippen molar-refractivity contribution in [1.82, 2.24) is 19.6 Å². The van der Waals surface area contributed by atoms with Crippen molar-refractivity contribution in [3.8, 4) is 11.3 Å². The van der Waals surface area contributed by atoms with E-state index in [-0.39, 0.29) is 0 Å². The van der Waals surface area contributed by atoms with E-state index in [0.717, 1.165) is 59.9 Å². The maximum Gasteiger partial charge on any atom is 0.417 e. The molecule has 0 unspecified atom stereocenters. The quantitative estimate of drug-likeness (QED) is 0.665. The second-order valence-corrected chi connectivity index (χ2v) is 7.50. The molecule has 0 amide bonds. The summed E-state index contributed by atoms with van der Waals surface area (Å²) in [7, 11) is 0. The Hall–Kier alpha value is -1.90. The van der Waals surface area contributed by atoms with Crippen LogP contribution in [0.1, 0.15) is 11.3 Å². The van der Waals surface area contributed by atoms with Gasteiger partial charge in [0, 0.05) is 49.0 Å². The molecule has 3 aromatic rings. The number of hydrogen-bond acceptors (Lipinski definition) is 3. The van der Waals surface area contributed by atoms with Gasteiger partial charge in [-0.05, 0) is 24.3 Å². The molecule has 1 aromatic carbocycles. The van der Waals surface area contributed by atoms with E-state index in [1.54, 1.807) is 4.40 Å². The predicted octanol–water partition coefficient (Wildman–Crippen LogP) is 4.19. The lowest BCUT2D eigenvalue weighted by Crippen LogP contribution is -2.43. The van der Waals surface area contributed by atoms with Crippen LogP contribution in [0.5, 0.6) is 0 Å². The Kier molecular flexibility index (Phi) is 4.96. The number of nitrogens with zero attached hydrogens (tertiary/aromatic N) is 3. The van der Waals surface area contributed by atoms with Crippen molar-refractivity contribution < 1.29 is 13.2 Å². The fourth-order valence-electron chi connectivity index (χ4n) is 3.33. The van der Waals surface area contributed by atoms with Gasteiger partial charge in [-0.25, -0.2) is 4.98 Å². The lowest BCUT2D eigenvalue weighted by Gasteiger charge is -2.27. The molecule has 0 aliphatic carbocycles. The molecular weight excluding hydrogens is 421 g/mol. The molecule has 0 spiro atoms. The smallest absolute Gasteiger partial charge is 0.314 e. The Labute approximate surface area is 163 Å². The lowest BCUT2D eigenvalue weighted by atomic mass is 10.1. The number of nitrogens with one attached hydrogen (secondary N) is 1.